The van der Waals surface area contributed by atoms with Crippen LogP contribution in [0.1, 0.15) is 30.6 Å². The maximum Gasteiger partial charge on any atom is 0.257 e. The van der Waals surface area contributed by atoms with Crippen LogP contribution in [0.5, 0.6) is 11.5 Å². The number of rotatable bonds is 8. The molecule has 0 aliphatic rings. The molecule has 0 fully saturated rings. The fourth-order valence-corrected chi connectivity index (χ4v) is 2.93. The Balaban J connectivity index is 1.63. The Kier molecular flexibility index (Phi) is 6.38. The Morgan fingerprint density at radius 1 is 1.00 bits per heavy atom. The van der Waals surface area contributed by atoms with Crippen LogP contribution in [0.4, 0.5) is 5.13 Å². The first kappa shape index (κ1) is 18.8. The minimum Gasteiger partial charge on any atom is -0.494 e. The molecule has 0 unspecified atom stereocenters. The minimum atomic E-state index is -0.230. The van der Waals surface area contributed by atoms with E-state index in [1.807, 2.05) is 38.1 Å². The minimum absolute atomic E-state index is 0.230. The van der Waals surface area contributed by atoms with Gasteiger partial charge in [-0.15, -0.1) is 0 Å². The van der Waals surface area contributed by atoms with Crippen molar-refractivity contribution >= 4 is 22.6 Å². The van der Waals surface area contributed by atoms with Crippen LogP contribution in [-0.4, -0.2) is 28.5 Å². The van der Waals surface area contributed by atoms with Crippen molar-refractivity contribution in [2.75, 3.05) is 18.5 Å². The summed E-state index contributed by atoms with van der Waals surface area (Å²) in [7, 11) is 0. The number of aromatic nitrogens is 2. The summed E-state index contributed by atoms with van der Waals surface area (Å²) in [6, 6.07) is 14.6. The van der Waals surface area contributed by atoms with Gasteiger partial charge in [0.15, 0.2) is 5.82 Å². The highest BCUT2D eigenvalue weighted by Gasteiger charge is 2.11. The first-order valence-electron chi connectivity index (χ1n) is 8.80. The number of amides is 1. The average Bonchev–Trinajstić information content (AvgIpc) is 3.16. The van der Waals surface area contributed by atoms with Gasteiger partial charge >= 0.3 is 0 Å². The van der Waals surface area contributed by atoms with E-state index in [2.05, 4.69) is 14.7 Å². The number of hydrogen-bond acceptors (Lipinski definition) is 6. The van der Waals surface area contributed by atoms with E-state index < -0.39 is 0 Å². The second kappa shape index (κ2) is 9.14. The van der Waals surface area contributed by atoms with Gasteiger partial charge in [-0.2, -0.15) is 9.36 Å². The van der Waals surface area contributed by atoms with E-state index in [4.69, 9.17) is 9.47 Å². The maximum absolute atomic E-state index is 12.4. The second-order valence-corrected chi connectivity index (χ2v) is 6.46. The Morgan fingerprint density at radius 3 is 2.33 bits per heavy atom. The van der Waals surface area contributed by atoms with Gasteiger partial charge in [-0.05, 0) is 61.9 Å². The van der Waals surface area contributed by atoms with Gasteiger partial charge in [0.1, 0.15) is 11.5 Å². The van der Waals surface area contributed by atoms with Gasteiger partial charge in [0.2, 0.25) is 5.13 Å². The van der Waals surface area contributed by atoms with Crippen LogP contribution in [0.25, 0.3) is 11.4 Å². The van der Waals surface area contributed by atoms with Crippen LogP contribution in [0.3, 0.4) is 0 Å². The summed E-state index contributed by atoms with van der Waals surface area (Å²) in [5.74, 6) is 1.89. The van der Waals surface area contributed by atoms with E-state index >= 15 is 0 Å². The average molecular weight is 383 g/mol. The Labute approximate surface area is 162 Å². The van der Waals surface area contributed by atoms with Crippen molar-refractivity contribution in [3.05, 3.63) is 54.1 Å². The molecule has 0 saturated carbocycles. The molecule has 0 aliphatic carbocycles. The first-order chi connectivity index (χ1) is 13.2. The molecule has 2 aromatic carbocycles. The fourth-order valence-electron chi connectivity index (χ4n) is 2.35. The molecule has 3 rings (SSSR count). The molecule has 0 saturated heterocycles. The highest BCUT2D eigenvalue weighted by Crippen LogP contribution is 2.24. The summed E-state index contributed by atoms with van der Waals surface area (Å²) in [6.45, 7) is 5.27. The van der Waals surface area contributed by atoms with Gasteiger partial charge in [0, 0.05) is 22.7 Å². The van der Waals surface area contributed by atoms with Crippen LogP contribution in [0.2, 0.25) is 0 Å². The molecule has 1 N–H and O–H groups in total. The van der Waals surface area contributed by atoms with Gasteiger partial charge in [-0.25, -0.2) is 0 Å². The van der Waals surface area contributed by atoms with Gasteiger partial charge in [-0.1, -0.05) is 6.92 Å². The SMILES string of the molecule is CCCOc1ccc(C(=O)Nc2nc(-c3ccc(OCC)cc3)ns2)cc1. The fraction of sp³-hybridized carbons (Fsp3) is 0.250. The van der Waals surface area contributed by atoms with E-state index in [0.717, 1.165) is 35.0 Å². The highest BCUT2D eigenvalue weighted by molar-refractivity contribution is 7.10. The lowest BCUT2D eigenvalue weighted by molar-refractivity contribution is 0.102. The zero-order chi connectivity index (χ0) is 19.1. The van der Waals surface area contributed by atoms with E-state index in [1.54, 1.807) is 24.3 Å². The zero-order valence-corrected chi connectivity index (χ0v) is 16.1. The summed E-state index contributed by atoms with van der Waals surface area (Å²) in [4.78, 5) is 16.8. The Morgan fingerprint density at radius 2 is 1.67 bits per heavy atom. The second-order valence-electron chi connectivity index (χ2n) is 5.71. The van der Waals surface area contributed by atoms with E-state index in [-0.39, 0.29) is 5.91 Å². The number of carbonyl (C=O) groups excluding carboxylic acids is 1. The third-order valence-electron chi connectivity index (χ3n) is 3.66. The van der Waals surface area contributed by atoms with Crippen molar-refractivity contribution in [1.29, 1.82) is 0 Å². The quantitative estimate of drug-likeness (QED) is 0.613. The summed E-state index contributed by atoms with van der Waals surface area (Å²) in [5, 5.41) is 3.24. The number of carbonyl (C=O) groups is 1. The lowest BCUT2D eigenvalue weighted by Gasteiger charge is -2.05. The summed E-state index contributed by atoms with van der Waals surface area (Å²) in [5.41, 5.74) is 1.41. The molecule has 1 amide bonds. The Bertz CT molecular complexity index is 876. The summed E-state index contributed by atoms with van der Waals surface area (Å²) in [6.07, 6.45) is 0.940. The molecule has 1 heterocycles. The number of ether oxygens (including phenoxy) is 2. The molecular formula is C20H21N3O3S. The van der Waals surface area contributed by atoms with Crippen molar-refractivity contribution in [3.63, 3.8) is 0 Å². The molecule has 0 atom stereocenters. The molecule has 0 radical (unpaired) electrons. The third-order valence-corrected chi connectivity index (χ3v) is 4.29. The van der Waals surface area contributed by atoms with Crippen LogP contribution in [0, 0.1) is 0 Å². The normalized spacial score (nSPS) is 10.4. The Hall–Kier alpha value is -2.93. The lowest BCUT2D eigenvalue weighted by atomic mass is 10.2. The molecule has 6 nitrogen and oxygen atoms in total. The molecule has 140 valence electrons. The molecule has 0 spiro atoms. The number of nitrogens with zero attached hydrogens (tertiary/aromatic N) is 2. The largest absolute Gasteiger partial charge is 0.494 e. The van der Waals surface area contributed by atoms with E-state index in [0.29, 0.717) is 29.7 Å². The van der Waals surface area contributed by atoms with Gasteiger partial charge < -0.3 is 9.47 Å². The lowest BCUT2D eigenvalue weighted by Crippen LogP contribution is -2.11. The molecular weight excluding hydrogens is 362 g/mol. The predicted octanol–water partition coefficient (Wildman–Crippen LogP) is 4.64. The summed E-state index contributed by atoms with van der Waals surface area (Å²) >= 11 is 1.15. The molecule has 3 aromatic rings. The monoisotopic (exact) mass is 383 g/mol. The predicted molar refractivity (Wildman–Crippen MR) is 107 cm³/mol. The van der Waals surface area contributed by atoms with Crippen molar-refractivity contribution in [1.82, 2.24) is 9.36 Å². The van der Waals surface area contributed by atoms with E-state index in [1.165, 1.54) is 0 Å². The highest BCUT2D eigenvalue weighted by atomic mass is 32.1. The van der Waals surface area contributed by atoms with E-state index in [9.17, 15) is 4.79 Å². The van der Waals surface area contributed by atoms with Crippen LogP contribution in [0.15, 0.2) is 48.5 Å². The molecule has 0 bridgehead atoms. The van der Waals surface area contributed by atoms with Gasteiger partial charge in [-0.3, -0.25) is 10.1 Å². The molecule has 27 heavy (non-hydrogen) atoms. The molecule has 7 heteroatoms. The number of benzene rings is 2. The standard InChI is InChI=1S/C20H21N3O3S/c1-3-13-26-17-11-7-15(8-12-17)19(24)22-20-21-18(23-27-20)14-5-9-16(10-6-14)25-4-2/h5-12H,3-4,13H2,1-2H3,(H,21,22,23,24). The third kappa shape index (κ3) is 5.04. The summed E-state index contributed by atoms with van der Waals surface area (Å²) < 4.78 is 15.3. The maximum atomic E-state index is 12.4. The number of nitrogens with one attached hydrogen (secondary N) is 1. The molecule has 1 aromatic heterocycles. The first-order valence-corrected chi connectivity index (χ1v) is 9.58. The van der Waals surface area contributed by atoms with Crippen LogP contribution >= 0.6 is 11.5 Å². The van der Waals surface area contributed by atoms with Crippen molar-refractivity contribution in [3.8, 4) is 22.9 Å². The smallest absolute Gasteiger partial charge is 0.257 e. The molecule has 0 aliphatic heterocycles. The van der Waals surface area contributed by atoms with Crippen LogP contribution < -0.4 is 14.8 Å². The van der Waals surface area contributed by atoms with Gasteiger partial charge in [0.25, 0.3) is 5.91 Å². The number of anilines is 1. The zero-order valence-electron chi connectivity index (χ0n) is 15.3. The van der Waals surface area contributed by atoms with Crippen molar-refractivity contribution in [2.24, 2.45) is 0 Å². The van der Waals surface area contributed by atoms with Gasteiger partial charge in [0.05, 0.1) is 13.2 Å². The number of hydrogen-bond donors (Lipinski definition) is 1. The van der Waals surface area contributed by atoms with Crippen LogP contribution in [-0.2, 0) is 0 Å². The van der Waals surface area contributed by atoms with Crippen molar-refractivity contribution < 1.29 is 14.3 Å². The topological polar surface area (TPSA) is 73.3 Å². The van der Waals surface area contributed by atoms with Crippen molar-refractivity contribution in [2.45, 2.75) is 20.3 Å².